The molecular formula is C18H23FN2O4. The van der Waals surface area contributed by atoms with E-state index in [1.165, 1.54) is 29.2 Å². The van der Waals surface area contributed by atoms with E-state index < -0.39 is 29.5 Å². The molecule has 0 unspecified atom stereocenters. The highest BCUT2D eigenvalue weighted by molar-refractivity contribution is 5.97. The van der Waals surface area contributed by atoms with Gasteiger partial charge in [-0.25, -0.2) is 9.18 Å². The first-order valence-corrected chi connectivity index (χ1v) is 8.65. The van der Waals surface area contributed by atoms with Crippen LogP contribution in [-0.4, -0.2) is 64.8 Å². The molecule has 1 aromatic carbocycles. The van der Waals surface area contributed by atoms with Crippen molar-refractivity contribution in [3.63, 3.8) is 0 Å². The first kappa shape index (κ1) is 17.8. The van der Waals surface area contributed by atoms with Gasteiger partial charge < -0.3 is 14.7 Å². The van der Waals surface area contributed by atoms with Gasteiger partial charge >= 0.3 is 5.97 Å². The van der Waals surface area contributed by atoms with Crippen LogP contribution in [0.15, 0.2) is 24.3 Å². The third-order valence-electron chi connectivity index (χ3n) is 5.03. The second-order valence-corrected chi connectivity index (χ2v) is 6.63. The molecule has 7 heteroatoms. The molecule has 1 N–H and O–H groups in total. The average molecular weight is 350 g/mol. The molecule has 0 bridgehead atoms. The van der Waals surface area contributed by atoms with Crippen molar-refractivity contribution in [2.24, 2.45) is 0 Å². The molecule has 0 radical (unpaired) electrons. The molecular weight excluding hydrogens is 327 g/mol. The minimum Gasteiger partial charge on any atom is -0.480 e. The fraction of sp³-hybridized carbons (Fsp3) is 0.556. The number of halogens is 1. The highest BCUT2D eigenvalue weighted by atomic mass is 19.1. The molecule has 3 rings (SSSR count). The number of rotatable bonds is 4. The van der Waals surface area contributed by atoms with Crippen LogP contribution in [0, 0.1) is 5.82 Å². The minimum atomic E-state index is -1.08. The maximum Gasteiger partial charge on any atom is 0.328 e. The highest BCUT2D eigenvalue weighted by Gasteiger charge is 2.53. The Morgan fingerprint density at radius 2 is 1.92 bits per heavy atom. The summed E-state index contributed by atoms with van der Waals surface area (Å²) in [5, 5.41) is 9.53. The van der Waals surface area contributed by atoms with Gasteiger partial charge in [-0.05, 0) is 37.2 Å². The summed E-state index contributed by atoms with van der Waals surface area (Å²) in [4.78, 5) is 28.3. The zero-order chi connectivity index (χ0) is 18.0. The molecule has 0 aromatic heterocycles. The second kappa shape index (κ2) is 7.09. The van der Waals surface area contributed by atoms with Gasteiger partial charge in [0.05, 0.1) is 6.61 Å². The molecule has 1 spiro atoms. The number of hydrogen-bond acceptors (Lipinski definition) is 4. The Kier molecular flexibility index (Phi) is 5.06. The van der Waals surface area contributed by atoms with Gasteiger partial charge in [0.2, 0.25) is 0 Å². The molecule has 2 heterocycles. The Bertz CT molecular complexity index is 641. The number of carbonyl (C=O) groups excluding carboxylic acids is 1. The molecule has 1 atom stereocenters. The molecule has 2 fully saturated rings. The number of aliphatic carboxylic acids is 1. The van der Waals surface area contributed by atoms with Gasteiger partial charge in [-0.3, -0.25) is 9.69 Å². The number of piperidine rings is 1. The van der Waals surface area contributed by atoms with E-state index in [9.17, 15) is 19.1 Å². The minimum absolute atomic E-state index is 0.0178. The highest BCUT2D eigenvalue weighted by Crippen LogP contribution is 2.38. The van der Waals surface area contributed by atoms with Gasteiger partial charge in [-0.2, -0.15) is 0 Å². The van der Waals surface area contributed by atoms with Gasteiger partial charge in [0.1, 0.15) is 11.5 Å². The summed E-state index contributed by atoms with van der Waals surface area (Å²) in [5.41, 5.74) is -0.618. The van der Waals surface area contributed by atoms with Crippen molar-refractivity contribution in [3.8, 4) is 0 Å². The number of hydrogen-bond donors (Lipinski definition) is 1. The van der Waals surface area contributed by atoms with E-state index in [0.717, 1.165) is 26.1 Å². The quantitative estimate of drug-likeness (QED) is 0.899. The average Bonchev–Trinajstić information content (AvgIpc) is 2.96. The largest absolute Gasteiger partial charge is 0.480 e. The Labute approximate surface area is 146 Å². The molecule has 6 nitrogen and oxygen atoms in total. The third-order valence-corrected chi connectivity index (χ3v) is 5.03. The van der Waals surface area contributed by atoms with Crippen LogP contribution in [0.3, 0.4) is 0 Å². The summed E-state index contributed by atoms with van der Waals surface area (Å²) in [6.07, 6.45) is 2.19. The van der Waals surface area contributed by atoms with Gasteiger partial charge in [0.15, 0.2) is 6.04 Å². The smallest absolute Gasteiger partial charge is 0.328 e. The molecule has 0 aliphatic carbocycles. The number of amides is 1. The Morgan fingerprint density at radius 3 is 2.48 bits per heavy atom. The van der Waals surface area contributed by atoms with Crippen LogP contribution >= 0.6 is 0 Å². The van der Waals surface area contributed by atoms with E-state index in [1.807, 2.05) is 0 Å². The summed E-state index contributed by atoms with van der Waals surface area (Å²) in [5.74, 6) is -1.94. The van der Waals surface area contributed by atoms with Gasteiger partial charge in [0.25, 0.3) is 5.91 Å². The molecule has 0 saturated carbocycles. The lowest BCUT2D eigenvalue weighted by atomic mass is 9.96. The molecule has 25 heavy (non-hydrogen) atoms. The van der Waals surface area contributed by atoms with Crippen molar-refractivity contribution in [3.05, 3.63) is 35.6 Å². The molecule has 2 aliphatic heterocycles. The van der Waals surface area contributed by atoms with Crippen LogP contribution in [0.2, 0.25) is 0 Å². The Balaban J connectivity index is 1.87. The van der Waals surface area contributed by atoms with Crippen molar-refractivity contribution in [1.29, 1.82) is 0 Å². The van der Waals surface area contributed by atoms with Crippen molar-refractivity contribution in [1.82, 2.24) is 9.80 Å². The predicted octanol–water partition coefficient (Wildman–Crippen LogP) is 1.95. The normalized spacial score (nSPS) is 23.1. The van der Waals surface area contributed by atoms with Crippen LogP contribution in [0.25, 0.3) is 0 Å². The van der Waals surface area contributed by atoms with E-state index in [1.54, 1.807) is 0 Å². The number of likely N-dealkylation sites (tertiary alicyclic amines) is 1. The lowest BCUT2D eigenvalue weighted by molar-refractivity contribution is -0.143. The summed E-state index contributed by atoms with van der Waals surface area (Å²) in [7, 11) is 0. The van der Waals surface area contributed by atoms with E-state index >= 15 is 0 Å². The van der Waals surface area contributed by atoms with Crippen molar-refractivity contribution >= 4 is 11.9 Å². The van der Waals surface area contributed by atoms with Crippen LogP contribution < -0.4 is 0 Å². The first-order chi connectivity index (χ1) is 12.0. The van der Waals surface area contributed by atoms with E-state index in [2.05, 4.69) is 11.8 Å². The third kappa shape index (κ3) is 3.39. The number of carbonyl (C=O) groups is 2. The predicted molar refractivity (Wildman–Crippen MR) is 88.6 cm³/mol. The van der Waals surface area contributed by atoms with E-state index in [-0.39, 0.29) is 12.2 Å². The van der Waals surface area contributed by atoms with Crippen LogP contribution in [-0.2, 0) is 9.53 Å². The van der Waals surface area contributed by atoms with Gasteiger partial charge in [0, 0.05) is 31.5 Å². The fourth-order valence-corrected chi connectivity index (χ4v) is 3.73. The summed E-state index contributed by atoms with van der Waals surface area (Å²) >= 11 is 0. The van der Waals surface area contributed by atoms with Crippen molar-refractivity contribution < 1.29 is 23.8 Å². The molecule has 2 aliphatic rings. The van der Waals surface area contributed by atoms with Crippen molar-refractivity contribution in [2.75, 3.05) is 26.2 Å². The van der Waals surface area contributed by atoms with Crippen LogP contribution in [0.5, 0.6) is 0 Å². The topological polar surface area (TPSA) is 70.1 Å². The molecule has 1 aromatic rings. The SMILES string of the molecule is CCCN1CCC2(CC1)OC[C@@H](C(=O)O)N2C(=O)c1ccc(F)cc1. The zero-order valence-corrected chi connectivity index (χ0v) is 14.3. The number of benzene rings is 1. The number of carboxylic acid groups (broad SMARTS) is 1. The lowest BCUT2D eigenvalue weighted by Crippen LogP contribution is -2.58. The first-order valence-electron chi connectivity index (χ1n) is 8.65. The molecule has 136 valence electrons. The lowest BCUT2D eigenvalue weighted by Gasteiger charge is -2.44. The van der Waals surface area contributed by atoms with Gasteiger partial charge in [-0.1, -0.05) is 6.92 Å². The maximum absolute atomic E-state index is 13.1. The summed E-state index contributed by atoms with van der Waals surface area (Å²) < 4.78 is 19.0. The number of carboxylic acids is 1. The summed E-state index contributed by atoms with van der Waals surface area (Å²) in [6, 6.07) is 4.16. The second-order valence-electron chi connectivity index (χ2n) is 6.63. The fourth-order valence-electron chi connectivity index (χ4n) is 3.73. The summed E-state index contributed by atoms with van der Waals surface area (Å²) in [6.45, 7) is 4.59. The maximum atomic E-state index is 13.1. The van der Waals surface area contributed by atoms with Crippen LogP contribution in [0.4, 0.5) is 4.39 Å². The van der Waals surface area contributed by atoms with E-state index in [4.69, 9.17) is 4.74 Å². The monoisotopic (exact) mass is 350 g/mol. The number of nitrogens with zero attached hydrogens (tertiary/aromatic N) is 2. The number of ether oxygens (including phenoxy) is 1. The Morgan fingerprint density at radius 1 is 1.28 bits per heavy atom. The molecule has 1 amide bonds. The van der Waals surface area contributed by atoms with Crippen LogP contribution in [0.1, 0.15) is 36.5 Å². The van der Waals surface area contributed by atoms with Gasteiger partial charge in [-0.15, -0.1) is 0 Å². The zero-order valence-electron chi connectivity index (χ0n) is 14.3. The molecule has 2 saturated heterocycles. The standard InChI is InChI=1S/C18H23FN2O4/c1-2-9-20-10-7-18(8-11-20)21(15(12-25-18)17(23)24)16(22)13-3-5-14(19)6-4-13/h3-6,15H,2,7-12H2,1H3,(H,23,24)/t15-/m0/s1. The van der Waals surface area contributed by atoms with E-state index in [0.29, 0.717) is 12.8 Å². The van der Waals surface area contributed by atoms with Crippen molar-refractivity contribution in [2.45, 2.75) is 38.0 Å². The Hall–Kier alpha value is -1.99.